The molecule has 0 unspecified atom stereocenters. The standard InChI is InChI=1S/C24H17N3O3/c25-15-17-9-6-10-18(13-17)26-22(28)21(14-16-7-2-1-3-8-16)27-23(29)19-11-4-5-12-20(19)24(27)30/h1-13,21H,14H2,(H,26,28)/t21-/m1/s1. The highest BCUT2D eigenvalue weighted by Crippen LogP contribution is 2.26. The summed E-state index contributed by atoms with van der Waals surface area (Å²) in [7, 11) is 0. The van der Waals surface area contributed by atoms with Crippen molar-refractivity contribution in [1.82, 2.24) is 4.90 Å². The van der Waals surface area contributed by atoms with Gasteiger partial charge in [0.2, 0.25) is 5.91 Å². The fourth-order valence-electron chi connectivity index (χ4n) is 3.52. The van der Waals surface area contributed by atoms with Crippen LogP contribution < -0.4 is 5.32 Å². The molecule has 4 rings (SSSR count). The van der Waals surface area contributed by atoms with E-state index in [0.717, 1.165) is 10.5 Å². The van der Waals surface area contributed by atoms with Gasteiger partial charge in [0.1, 0.15) is 6.04 Å². The van der Waals surface area contributed by atoms with E-state index in [-0.39, 0.29) is 6.42 Å². The number of benzene rings is 3. The summed E-state index contributed by atoms with van der Waals surface area (Å²) in [5, 5.41) is 11.8. The molecule has 1 aliphatic heterocycles. The average molecular weight is 395 g/mol. The van der Waals surface area contributed by atoms with Crippen LogP contribution in [0, 0.1) is 11.3 Å². The smallest absolute Gasteiger partial charge is 0.262 e. The first-order valence-corrected chi connectivity index (χ1v) is 9.40. The predicted octanol–water partition coefficient (Wildman–Crippen LogP) is 3.40. The Morgan fingerprint density at radius 1 is 0.900 bits per heavy atom. The number of hydrogen-bond donors (Lipinski definition) is 1. The van der Waals surface area contributed by atoms with Crippen LogP contribution in [0.25, 0.3) is 0 Å². The number of carbonyl (C=O) groups excluding carboxylic acids is 3. The molecule has 0 saturated heterocycles. The second-order valence-corrected chi connectivity index (χ2v) is 6.91. The van der Waals surface area contributed by atoms with Gasteiger partial charge in [-0.1, -0.05) is 48.5 Å². The van der Waals surface area contributed by atoms with Gasteiger partial charge in [0.15, 0.2) is 0 Å². The van der Waals surface area contributed by atoms with Crippen LogP contribution in [0.3, 0.4) is 0 Å². The van der Waals surface area contributed by atoms with Gasteiger partial charge in [-0.05, 0) is 35.9 Å². The van der Waals surface area contributed by atoms with Crippen molar-refractivity contribution in [2.24, 2.45) is 0 Å². The van der Waals surface area contributed by atoms with Crippen LogP contribution in [-0.2, 0) is 11.2 Å². The largest absolute Gasteiger partial charge is 0.324 e. The molecule has 0 aliphatic carbocycles. The van der Waals surface area contributed by atoms with Gasteiger partial charge in [-0.15, -0.1) is 0 Å². The van der Waals surface area contributed by atoms with Crippen LogP contribution in [0.4, 0.5) is 5.69 Å². The second-order valence-electron chi connectivity index (χ2n) is 6.91. The monoisotopic (exact) mass is 395 g/mol. The summed E-state index contributed by atoms with van der Waals surface area (Å²) in [4.78, 5) is 40.2. The van der Waals surface area contributed by atoms with Crippen LogP contribution >= 0.6 is 0 Å². The lowest BCUT2D eigenvalue weighted by Crippen LogP contribution is -2.48. The van der Waals surface area contributed by atoms with Gasteiger partial charge in [-0.25, -0.2) is 0 Å². The van der Waals surface area contributed by atoms with Gasteiger partial charge in [0.05, 0.1) is 22.8 Å². The molecule has 0 aromatic heterocycles. The Balaban J connectivity index is 1.68. The molecule has 0 saturated carbocycles. The van der Waals surface area contributed by atoms with Crippen molar-refractivity contribution in [2.75, 3.05) is 5.32 Å². The first-order chi connectivity index (χ1) is 14.6. The molecule has 0 radical (unpaired) electrons. The summed E-state index contributed by atoms with van der Waals surface area (Å²) in [6.07, 6.45) is 0.177. The molecule has 0 fully saturated rings. The number of imide groups is 1. The van der Waals surface area contributed by atoms with E-state index >= 15 is 0 Å². The highest BCUT2D eigenvalue weighted by Gasteiger charge is 2.42. The van der Waals surface area contributed by atoms with E-state index in [9.17, 15) is 14.4 Å². The zero-order valence-corrected chi connectivity index (χ0v) is 15.9. The molecular formula is C24H17N3O3. The van der Waals surface area contributed by atoms with E-state index in [0.29, 0.717) is 22.4 Å². The van der Waals surface area contributed by atoms with Gasteiger partial charge in [-0.2, -0.15) is 5.26 Å². The Bertz CT molecular complexity index is 1150. The quantitative estimate of drug-likeness (QED) is 0.671. The maximum Gasteiger partial charge on any atom is 0.262 e. The van der Waals surface area contributed by atoms with Crippen molar-refractivity contribution in [3.8, 4) is 6.07 Å². The molecule has 3 amide bonds. The van der Waals surface area contributed by atoms with Crippen molar-refractivity contribution >= 4 is 23.4 Å². The normalized spacial score (nSPS) is 13.5. The summed E-state index contributed by atoms with van der Waals surface area (Å²) >= 11 is 0. The number of nitrogens with zero attached hydrogens (tertiary/aromatic N) is 2. The van der Waals surface area contributed by atoms with Crippen molar-refractivity contribution in [3.05, 3.63) is 101 Å². The molecule has 6 heteroatoms. The Morgan fingerprint density at radius 3 is 2.17 bits per heavy atom. The number of carbonyl (C=O) groups is 3. The zero-order valence-electron chi connectivity index (χ0n) is 15.9. The van der Waals surface area contributed by atoms with Crippen molar-refractivity contribution in [3.63, 3.8) is 0 Å². The number of fused-ring (bicyclic) bond motifs is 1. The number of nitriles is 1. The van der Waals surface area contributed by atoms with Gasteiger partial charge in [0.25, 0.3) is 11.8 Å². The lowest BCUT2D eigenvalue weighted by molar-refractivity contribution is -0.119. The van der Waals surface area contributed by atoms with Gasteiger partial charge >= 0.3 is 0 Å². The molecule has 3 aromatic carbocycles. The van der Waals surface area contributed by atoms with E-state index in [4.69, 9.17) is 5.26 Å². The number of hydrogen-bond acceptors (Lipinski definition) is 4. The van der Waals surface area contributed by atoms with Gasteiger partial charge in [0, 0.05) is 12.1 Å². The Morgan fingerprint density at radius 2 is 1.53 bits per heavy atom. The topological polar surface area (TPSA) is 90.3 Å². The molecule has 3 aromatic rings. The predicted molar refractivity (Wildman–Crippen MR) is 111 cm³/mol. The minimum Gasteiger partial charge on any atom is -0.324 e. The van der Waals surface area contributed by atoms with Gasteiger partial charge < -0.3 is 5.32 Å². The molecule has 1 heterocycles. The highest BCUT2D eigenvalue weighted by molar-refractivity contribution is 6.23. The SMILES string of the molecule is N#Cc1cccc(NC(=O)[C@@H](Cc2ccccc2)N2C(=O)c3ccccc3C2=O)c1. The fourth-order valence-corrected chi connectivity index (χ4v) is 3.52. The van der Waals surface area contributed by atoms with E-state index in [1.807, 2.05) is 36.4 Å². The third kappa shape index (κ3) is 3.56. The van der Waals surface area contributed by atoms with E-state index in [1.165, 1.54) is 0 Å². The van der Waals surface area contributed by atoms with Crippen molar-refractivity contribution < 1.29 is 14.4 Å². The van der Waals surface area contributed by atoms with Crippen LogP contribution in [0.1, 0.15) is 31.8 Å². The molecule has 1 N–H and O–H groups in total. The van der Waals surface area contributed by atoms with Crippen LogP contribution in [0.2, 0.25) is 0 Å². The summed E-state index contributed by atoms with van der Waals surface area (Å²) in [6.45, 7) is 0. The summed E-state index contributed by atoms with van der Waals surface area (Å²) < 4.78 is 0. The minimum atomic E-state index is -1.04. The first kappa shape index (κ1) is 19.1. The van der Waals surface area contributed by atoms with Crippen LogP contribution in [-0.4, -0.2) is 28.7 Å². The first-order valence-electron chi connectivity index (χ1n) is 9.40. The number of rotatable bonds is 5. The molecule has 0 spiro atoms. The molecule has 0 bridgehead atoms. The number of nitrogens with one attached hydrogen (secondary N) is 1. The lowest BCUT2D eigenvalue weighted by atomic mass is 10.0. The van der Waals surface area contributed by atoms with Crippen LogP contribution in [0.15, 0.2) is 78.9 Å². The number of amides is 3. The number of anilines is 1. The summed E-state index contributed by atoms with van der Waals surface area (Å²) in [6, 6.07) is 23.2. The molecule has 1 aliphatic rings. The molecule has 1 atom stereocenters. The third-order valence-electron chi connectivity index (χ3n) is 4.97. The maximum absolute atomic E-state index is 13.2. The van der Waals surface area contributed by atoms with E-state index in [1.54, 1.807) is 48.5 Å². The average Bonchev–Trinajstić information content (AvgIpc) is 3.03. The minimum absolute atomic E-state index is 0.177. The zero-order chi connectivity index (χ0) is 21.1. The van der Waals surface area contributed by atoms with E-state index in [2.05, 4.69) is 5.32 Å². The Kier molecular flexibility index (Phi) is 5.10. The summed E-state index contributed by atoms with van der Waals surface area (Å²) in [5.41, 5.74) is 2.22. The molecule has 146 valence electrons. The fraction of sp³-hybridized carbons (Fsp3) is 0.0833. The Labute approximate surface area is 173 Å². The Hall–Kier alpha value is -4.24. The third-order valence-corrected chi connectivity index (χ3v) is 4.97. The highest BCUT2D eigenvalue weighted by atomic mass is 16.2. The maximum atomic E-state index is 13.2. The summed E-state index contributed by atoms with van der Waals surface area (Å²) in [5.74, 6) is -1.47. The second kappa shape index (κ2) is 8.02. The van der Waals surface area contributed by atoms with Crippen molar-refractivity contribution in [1.29, 1.82) is 5.26 Å². The van der Waals surface area contributed by atoms with Crippen LogP contribution in [0.5, 0.6) is 0 Å². The lowest BCUT2D eigenvalue weighted by Gasteiger charge is -2.25. The van der Waals surface area contributed by atoms with Crippen molar-refractivity contribution in [2.45, 2.75) is 12.5 Å². The van der Waals surface area contributed by atoms with Gasteiger partial charge in [-0.3, -0.25) is 19.3 Å². The van der Waals surface area contributed by atoms with E-state index < -0.39 is 23.8 Å². The molecular weight excluding hydrogens is 378 g/mol. The molecule has 30 heavy (non-hydrogen) atoms. The molecule has 6 nitrogen and oxygen atoms in total.